The fourth-order valence-electron chi connectivity index (χ4n) is 1.83. The van der Waals surface area contributed by atoms with E-state index < -0.39 is 0 Å². The summed E-state index contributed by atoms with van der Waals surface area (Å²) in [7, 11) is 0. The van der Waals surface area contributed by atoms with E-state index in [1.54, 1.807) is 0 Å². The maximum atomic E-state index is 3.87. The van der Waals surface area contributed by atoms with E-state index in [0.717, 1.165) is 18.5 Å². The molecule has 1 nitrogen and oxygen atoms in total. The number of rotatable bonds is 2. The first kappa shape index (κ1) is 9.07. The molecule has 0 saturated heterocycles. The van der Waals surface area contributed by atoms with Crippen LogP contribution in [0, 0.1) is 0 Å². The molecule has 1 aliphatic carbocycles. The summed E-state index contributed by atoms with van der Waals surface area (Å²) in [5.74, 6) is 0. The van der Waals surface area contributed by atoms with E-state index in [1.807, 2.05) is 6.92 Å². The van der Waals surface area contributed by atoms with E-state index in [2.05, 4.69) is 42.2 Å². The van der Waals surface area contributed by atoms with Crippen molar-refractivity contribution in [3.8, 4) is 0 Å². The molecule has 0 heterocycles. The third-order valence-corrected chi connectivity index (χ3v) is 2.42. The molecular formula is C13H15N. The van der Waals surface area contributed by atoms with Crippen LogP contribution in [-0.2, 0) is 6.42 Å². The lowest BCUT2D eigenvalue weighted by Crippen LogP contribution is -2.13. The average molecular weight is 185 g/mol. The Kier molecular flexibility index (Phi) is 2.40. The largest absolute Gasteiger partial charge is 0.359 e. The number of benzene rings is 1. The molecule has 0 aromatic heterocycles. The van der Waals surface area contributed by atoms with Crippen LogP contribution in [0.4, 0.5) is 0 Å². The van der Waals surface area contributed by atoms with Crippen molar-refractivity contribution in [1.82, 2.24) is 5.32 Å². The Bertz CT molecular complexity index is 388. The molecule has 0 spiro atoms. The Balaban J connectivity index is 2.35. The molecule has 14 heavy (non-hydrogen) atoms. The molecule has 0 bridgehead atoms. The number of hydrogen-bond donors (Lipinski definition) is 1. The van der Waals surface area contributed by atoms with Gasteiger partial charge in [-0.05, 0) is 25.3 Å². The van der Waals surface area contributed by atoms with Gasteiger partial charge in [-0.2, -0.15) is 0 Å². The van der Waals surface area contributed by atoms with Gasteiger partial charge in [-0.1, -0.05) is 36.9 Å². The van der Waals surface area contributed by atoms with Gasteiger partial charge in [0.05, 0.1) is 0 Å². The number of allylic oxidation sites excluding steroid dienone is 2. The van der Waals surface area contributed by atoms with Crippen molar-refractivity contribution in [2.45, 2.75) is 19.8 Å². The van der Waals surface area contributed by atoms with E-state index in [9.17, 15) is 0 Å². The quantitative estimate of drug-likeness (QED) is 0.746. The van der Waals surface area contributed by atoms with Gasteiger partial charge < -0.3 is 5.32 Å². The first-order valence-electron chi connectivity index (χ1n) is 4.98. The van der Waals surface area contributed by atoms with Crippen LogP contribution in [0.15, 0.2) is 42.6 Å². The van der Waals surface area contributed by atoms with Crippen LogP contribution in [0.1, 0.15) is 24.5 Å². The highest BCUT2D eigenvalue weighted by molar-refractivity contribution is 5.69. The second-order valence-corrected chi connectivity index (χ2v) is 3.72. The Labute approximate surface area is 85.2 Å². The summed E-state index contributed by atoms with van der Waals surface area (Å²) in [6.45, 7) is 5.85. The molecule has 0 unspecified atom stereocenters. The lowest BCUT2D eigenvalue weighted by molar-refractivity contribution is 0.945. The minimum Gasteiger partial charge on any atom is -0.359 e. The van der Waals surface area contributed by atoms with E-state index in [1.165, 1.54) is 16.8 Å². The highest BCUT2D eigenvalue weighted by Gasteiger charge is 2.10. The minimum atomic E-state index is 0.993. The fourth-order valence-corrected chi connectivity index (χ4v) is 1.83. The third kappa shape index (κ3) is 1.72. The standard InChI is InChI=1S/C13H15N/c1-10(2)14-13-9-5-7-11-6-3-4-8-12(11)13/h3-4,6,8-9,14H,1,5,7H2,2H3. The summed E-state index contributed by atoms with van der Waals surface area (Å²) in [5, 5.41) is 3.30. The molecule has 1 N–H and O–H groups in total. The van der Waals surface area contributed by atoms with Crippen molar-refractivity contribution in [3.63, 3.8) is 0 Å². The van der Waals surface area contributed by atoms with Crippen LogP contribution in [0.5, 0.6) is 0 Å². The predicted molar refractivity (Wildman–Crippen MR) is 60.7 cm³/mol. The number of fused-ring (bicyclic) bond motifs is 1. The summed E-state index contributed by atoms with van der Waals surface area (Å²) in [6.07, 6.45) is 4.52. The number of nitrogens with one attached hydrogen (secondary N) is 1. The van der Waals surface area contributed by atoms with Crippen molar-refractivity contribution >= 4 is 5.70 Å². The number of hydrogen-bond acceptors (Lipinski definition) is 1. The minimum absolute atomic E-state index is 0.993. The second kappa shape index (κ2) is 3.70. The third-order valence-electron chi connectivity index (χ3n) is 2.42. The van der Waals surface area contributed by atoms with Crippen molar-refractivity contribution < 1.29 is 0 Å². The molecule has 72 valence electrons. The second-order valence-electron chi connectivity index (χ2n) is 3.72. The van der Waals surface area contributed by atoms with Crippen LogP contribution in [-0.4, -0.2) is 0 Å². The zero-order chi connectivity index (χ0) is 9.97. The highest BCUT2D eigenvalue weighted by atomic mass is 14.9. The lowest BCUT2D eigenvalue weighted by atomic mass is 9.95. The molecule has 1 aromatic carbocycles. The topological polar surface area (TPSA) is 12.0 Å². The molecule has 1 aromatic rings. The van der Waals surface area contributed by atoms with Gasteiger partial charge in [0.1, 0.15) is 0 Å². The maximum absolute atomic E-state index is 3.87. The van der Waals surface area contributed by atoms with E-state index in [0.29, 0.717) is 0 Å². The van der Waals surface area contributed by atoms with Crippen LogP contribution >= 0.6 is 0 Å². The fraction of sp³-hybridized carbons (Fsp3) is 0.231. The highest BCUT2D eigenvalue weighted by Crippen LogP contribution is 2.24. The summed E-state index contributed by atoms with van der Waals surface area (Å²) in [6, 6.07) is 8.54. The Hall–Kier alpha value is -1.50. The molecular weight excluding hydrogens is 170 g/mol. The van der Waals surface area contributed by atoms with Gasteiger partial charge in [0.25, 0.3) is 0 Å². The van der Waals surface area contributed by atoms with Crippen molar-refractivity contribution in [2.75, 3.05) is 0 Å². The molecule has 0 atom stereocenters. The monoisotopic (exact) mass is 185 g/mol. The maximum Gasteiger partial charge on any atom is 0.0417 e. The molecule has 0 fully saturated rings. The molecule has 2 rings (SSSR count). The van der Waals surface area contributed by atoms with Crippen LogP contribution < -0.4 is 5.32 Å². The zero-order valence-electron chi connectivity index (χ0n) is 8.51. The SMILES string of the molecule is C=C(C)NC1=CCCc2ccccc21. The summed E-state index contributed by atoms with van der Waals surface area (Å²) >= 11 is 0. The number of aryl methyl sites for hydroxylation is 1. The molecule has 0 saturated carbocycles. The van der Waals surface area contributed by atoms with E-state index in [4.69, 9.17) is 0 Å². The van der Waals surface area contributed by atoms with Crippen LogP contribution in [0.2, 0.25) is 0 Å². The summed E-state index contributed by atoms with van der Waals surface area (Å²) in [5.41, 5.74) is 4.95. The Morgan fingerprint density at radius 3 is 2.93 bits per heavy atom. The van der Waals surface area contributed by atoms with Gasteiger partial charge in [0.2, 0.25) is 0 Å². The zero-order valence-corrected chi connectivity index (χ0v) is 8.51. The molecule has 0 amide bonds. The summed E-state index contributed by atoms with van der Waals surface area (Å²) in [4.78, 5) is 0. The Morgan fingerprint density at radius 1 is 1.36 bits per heavy atom. The van der Waals surface area contributed by atoms with Crippen LogP contribution in [0.3, 0.4) is 0 Å². The molecule has 1 heteroatoms. The van der Waals surface area contributed by atoms with Gasteiger partial charge >= 0.3 is 0 Å². The Morgan fingerprint density at radius 2 is 2.14 bits per heavy atom. The van der Waals surface area contributed by atoms with Crippen molar-refractivity contribution in [3.05, 3.63) is 53.7 Å². The smallest absolute Gasteiger partial charge is 0.0417 e. The normalized spacial score (nSPS) is 14.2. The van der Waals surface area contributed by atoms with Gasteiger partial charge in [0.15, 0.2) is 0 Å². The van der Waals surface area contributed by atoms with E-state index in [-0.39, 0.29) is 0 Å². The first-order chi connectivity index (χ1) is 6.77. The van der Waals surface area contributed by atoms with Gasteiger partial charge in [-0.15, -0.1) is 0 Å². The molecule has 0 aliphatic heterocycles. The predicted octanol–water partition coefficient (Wildman–Crippen LogP) is 3.10. The van der Waals surface area contributed by atoms with Gasteiger partial charge in [0, 0.05) is 17.0 Å². The first-order valence-corrected chi connectivity index (χ1v) is 4.98. The van der Waals surface area contributed by atoms with E-state index >= 15 is 0 Å². The van der Waals surface area contributed by atoms with Crippen molar-refractivity contribution in [1.29, 1.82) is 0 Å². The molecule has 1 aliphatic rings. The summed E-state index contributed by atoms with van der Waals surface area (Å²) < 4.78 is 0. The van der Waals surface area contributed by atoms with Gasteiger partial charge in [-0.25, -0.2) is 0 Å². The molecule has 0 radical (unpaired) electrons. The van der Waals surface area contributed by atoms with Crippen LogP contribution in [0.25, 0.3) is 5.70 Å². The average Bonchev–Trinajstić information content (AvgIpc) is 2.18. The van der Waals surface area contributed by atoms with Crippen molar-refractivity contribution in [2.24, 2.45) is 0 Å². The van der Waals surface area contributed by atoms with Gasteiger partial charge in [-0.3, -0.25) is 0 Å². The lowest BCUT2D eigenvalue weighted by Gasteiger charge is -2.18.